The number of aryl methyl sites for hydroxylation is 1. The van der Waals surface area contributed by atoms with E-state index < -0.39 is 0 Å². The van der Waals surface area contributed by atoms with Gasteiger partial charge in [0.15, 0.2) is 0 Å². The average molecular weight is 472 g/mol. The van der Waals surface area contributed by atoms with E-state index in [0.717, 1.165) is 53.8 Å². The fourth-order valence-corrected chi connectivity index (χ4v) is 4.64. The zero-order valence-corrected chi connectivity index (χ0v) is 19.4. The Morgan fingerprint density at radius 1 is 1.16 bits per heavy atom. The maximum atomic E-state index is 12.8. The van der Waals surface area contributed by atoms with E-state index in [0.29, 0.717) is 36.0 Å². The molecule has 5 nitrogen and oxygen atoms in total. The predicted molar refractivity (Wildman–Crippen MR) is 129 cm³/mol. The highest BCUT2D eigenvalue weighted by molar-refractivity contribution is 6.35. The van der Waals surface area contributed by atoms with Crippen LogP contribution in [-0.4, -0.2) is 29.4 Å². The van der Waals surface area contributed by atoms with Gasteiger partial charge in [-0.1, -0.05) is 41.4 Å². The molecule has 2 aromatic carbocycles. The summed E-state index contributed by atoms with van der Waals surface area (Å²) in [5, 5.41) is 1.19. The van der Waals surface area contributed by atoms with Crippen molar-refractivity contribution in [3.8, 4) is 0 Å². The molecule has 2 aromatic rings. The van der Waals surface area contributed by atoms with E-state index in [1.807, 2.05) is 23.1 Å². The number of amides is 1. The van der Waals surface area contributed by atoms with Crippen molar-refractivity contribution in [2.24, 2.45) is 10.7 Å². The largest absolute Gasteiger partial charge is 0.405 e. The molecular formula is C25H27Cl2N3O2. The van der Waals surface area contributed by atoms with Crippen molar-refractivity contribution in [2.75, 3.05) is 6.61 Å². The number of hydrogen-bond acceptors (Lipinski definition) is 4. The summed E-state index contributed by atoms with van der Waals surface area (Å²) < 4.78 is 5.76. The molecule has 32 heavy (non-hydrogen) atoms. The van der Waals surface area contributed by atoms with Crippen LogP contribution in [0.25, 0.3) is 0 Å². The zero-order valence-electron chi connectivity index (χ0n) is 17.9. The molecule has 0 bridgehead atoms. The van der Waals surface area contributed by atoms with Gasteiger partial charge in [0.25, 0.3) is 0 Å². The fourth-order valence-electron chi connectivity index (χ4n) is 4.14. The molecule has 2 N–H and O–H groups in total. The molecule has 0 spiro atoms. The Bertz CT molecular complexity index is 1050. The normalized spacial score (nSPS) is 18.9. The standard InChI is InChI=1S/C25H27Cl2N3O2/c26-21-8-6-17(22(27)14-21)7-9-25(31)30-15-19-5-4-18(13-20(19)16-30)23(10-11-28)29-24-3-1-2-12-32-24/h4-6,8,10-11,13-14,24H,1-3,7,9,12,15-16,28H2/b11-10-,29-23-. The van der Waals surface area contributed by atoms with Gasteiger partial charge in [0.1, 0.15) is 6.23 Å². The molecule has 1 saturated heterocycles. The van der Waals surface area contributed by atoms with E-state index in [-0.39, 0.29) is 12.1 Å². The Morgan fingerprint density at radius 2 is 2.00 bits per heavy atom. The van der Waals surface area contributed by atoms with E-state index in [1.165, 1.54) is 6.20 Å². The maximum Gasteiger partial charge on any atom is 0.223 e. The van der Waals surface area contributed by atoms with Crippen LogP contribution in [0.3, 0.4) is 0 Å². The molecule has 4 rings (SSSR count). The summed E-state index contributed by atoms with van der Waals surface area (Å²) in [6, 6.07) is 11.6. The Kier molecular flexibility index (Phi) is 7.51. The van der Waals surface area contributed by atoms with Gasteiger partial charge in [-0.05, 0) is 72.8 Å². The topological polar surface area (TPSA) is 67.9 Å². The van der Waals surface area contributed by atoms with Crippen LogP contribution in [0.5, 0.6) is 0 Å². The number of carbonyl (C=O) groups excluding carboxylic acids is 1. The van der Waals surface area contributed by atoms with Crippen LogP contribution in [0.1, 0.15) is 47.9 Å². The molecule has 2 aliphatic heterocycles. The molecule has 7 heteroatoms. The van der Waals surface area contributed by atoms with Crippen LogP contribution in [0, 0.1) is 0 Å². The van der Waals surface area contributed by atoms with E-state index in [9.17, 15) is 4.79 Å². The van der Waals surface area contributed by atoms with Gasteiger partial charge in [-0.15, -0.1) is 0 Å². The van der Waals surface area contributed by atoms with Crippen LogP contribution in [-0.2, 0) is 29.0 Å². The van der Waals surface area contributed by atoms with Crippen molar-refractivity contribution in [1.82, 2.24) is 4.90 Å². The van der Waals surface area contributed by atoms with Crippen LogP contribution in [0.2, 0.25) is 10.0 Å². The first-order valence-electron chi connectivity index (χ1n) is 10.9. The Labute approximate surface area is 198 Å². The van der Waals surface area contributed by atoms with Gasteiger partial charge in [-0.2, -0.15) is 0 Å². The number of allylic oxidation sites excluding steroid dienone is 1. The number of nitrogens with zero attached hydrogens (tertiary/aromatic N) is 2. The maximum absolute atomic E-state index is 12.8. The molecule has 0 aliphatic carbocycles. The molecule has 1 unspecified atom stereocenters. The van der Waals surface area contributed by atoms with Crippen LogP contribution < -0.4 is 5.73 Å². The summed E-state index contributed by atoms with van der Waals surface area (Å²) in [6.45, 7) is 1.96. The number of fused-ring (bicyclic) bond motifs is 1. The summed E-state index contributed by atoms with van der Waals surface area (Å²) >= 11 is 12.2. The lowest BCUT2D eigenvalue weighted by molar-refractivity contribution is -0.131. The number of rotatable bonds is 6. The molecule has 2 aliphatic rings. The third kappa shape index (κ3) is 5.52. The van der Waals surface area contributed by atoms with Crippen LogP contribution >= 0.6 is 23.2 Å². The Balaban J connectivity index is 1.43. The minimum atomic E-state index is -0.124. The van der Waals surface area contributed by atoms with Gasteiger partial charge >= 0.3 is 0 Å². The van der Waals surface area contributed by atoms with E-state index in [2.05, 4.69) is 12.1 Å². The van der Waals surface area contributed by atoms with Crippen molar-refractivity contribution in [1.29, 1.82) is 0 Å². The molecule has 168 valence electrons. The summed E-state index contributed by atoms with van der Waals surface area (Å²) in [5.41, 5.74) is 10.7. The average Bonchev–Trinajstić information content (AvgIpc) is 3.22. The lowest BCUT2D eigenvalue weighted by Gasteiger charge is -2.20. The van der Waals surface area contributed by atoms with Crippen LogP contribution in [0.15, 0.2) is 53.7 Å². The molecule has 2 heterocycles. The number of ether oxygens (including phenoxy) is 1. The van der Waals surface area contributed by atoms with Crippen molar-refractivity contribution in [3.63, 3.8) is 0 Å². The van der Waals surface area contributed by atoms with E-state index in [1.54, 1.807) is 12.1 Å². The number of carbonyl (C=O) groups is 1. The number of benzene rings is 2. The highest BCUT2D eigenvalue weighted by Gasteiger charge is 2.24. The predicted octanol–water partition coefficient (Wildman–Crippen LogP) is 5.26. The second kappa shape index (κ2) is 10.5. The van der Waals surface area contributed by atoms with E-state index in [4.69, 9.17) is 38.7 Å². The number of hydrogen-bond donors (Lipinski definition) is 1. The second-order valence-electron chi connectivity index (χ2n) is 8.16. The van der Waals surface area contributed by atoms with Gasteiger partial charge in [-0.3, -0.25) is 9.79 Å². The molecule has 1 fully saturated rings. The van der Waals surface area contributed by atoms with Crippen molar-refractivity contribution in [3.05, 3.63) is 81.0 Å². The summed E-state index contributed by atoms with van der Waals surface area (Å²) in [7, 11) is 0. The zero-order chi connectivity index (χ0) is 22.5. The smallest absolute Gasteiger partial charge is 0.223 e. The highest BCUT2D eigenvalue weighted by atomic mass is 35.5. The molecule has 1 atom stereocenters. The third-order valence-electron chi connectivity index (χ3n) is 5.89. The van der Waals surface area contributed by atoms with E-state index >= 15 is 0 Å². The van der Waals surface area contributed by atoms with Crippen LogP contribution in [0.4, 0.5) is 0 Å². The fraction of sp³-hybridized carbons (Fsp3) is 0.360. The van der Waals surface area contributed by atoms with Gasteiger partial charge in [0.2, 0.25) is 5.91 Å². The Morgan fingerprint density at radius 3 is 2.75 bits per heavy atom. The first kappa shape index (κ1) is 22.8. The molecule has 0 saturated carbocycles. The monoisotopic (exact) mass is 471 g/mol. The number of aliphatic imine (C=N–C) groups is 1. The summed E-state index contributed by atoms with van der Waals surface area (Å²) in [6.07, 6.45) is 7.32. The summed E-state index contributed by atoms with van der Waals surface area (Å²) in [4.78, 5) is 19.5. The summed E-state index contributed by atoms with van der Waals surface area (Å²) in [5.74, 6) is 0.111. The third-order valence-corrected chi connectivity index (χ3v) is 6.48. The van der Waals surface area contributed by atoms with Gasteiger partial charge in [-0.25, -0.2) is 0 Å². The van der Waals surface area contributed by atoms with Gasteiger partial charge < -0.3 is 15.4 Å². The molecule has 1 amide bonds. The lowest BCUT2D eigenvalue weighted by Crippen LogP contribution is -2.25. The first-order valence-corrected chi connectivity index (χ1v) is 11.7. The highest BCUT2D eigenvalue weighted by Crippen LogP contribution is 2.27. The first-order chi connectivity index (χ1) is 15.5. The van der Waals surface area contributed by atoms with Gasteiger partial charge in [0, 0.05) is 41.7 Å². The lowest BCUT2D eigenvalue weighted by atomic mass is 10.0. The second-order valence-corrected chi connectivity index (χ2v) is 9.01. The Hall–Kier alpha value is -2.34. The quantitative estimate of drug-likeness (QED) is 0.584. The molecular weight excluding hydrogens is 445 g/mol. The number of nitrogens with two attached hydrogens (primary N) is 1. The van der Waals surface area contributed by atoms with Crippen molar-refractivity contribution < 1.29 is 9.53 Å². The number of halogens is 2. The minimum absolute atomic E-state index is 0.111. The van der Waals surface area contributed by atoms with Crippen molar-refractivity contribution >= 4 is 34.8 Å². The minimum Gasteiger partial charge on any atom is -0.405 e. The van der Waals surface area contributed by atoms with Crippen molar-refractivity contribution in [2.45, 2.75) is 51.4 Å². The molecule has 0 radical (unpaired) electrons. The van der Waals surface area contributed by atoms with Gasteiger partial charge in [0.05, 0.1) is 5.71 Å². The SMILES string of the molecule is N/C=C\C(=N\C1CCCCO1)c1ccc2c(c1)CN(C(=O)CCc1ccc(Cl)cc1Cl)C2. The molecule has 0 aromatic heterocycles.